The van der Waals surface area contributed by atoms with Crippen LogP contribution in [-0.2, 0) is 19.2 Å². The van der Waals surface area contributed by atoms with Crippen LogP contribution in [0, 0.1) is 46.3 Å². The number of carbonyl (C=O) groups is 4. The van der Waals surface area contributed by atoms with Gasteiger partial charge in [0.05, 0.1) is 0 Å². The summed E-state index contributed by atoms with van der Waals surface area (Å²) in [5.74, 6) is 0.130. The SMILES string of the molecule is C[C@H](CCC(=O)[O-])[C@H]1CC[C@@H]2[C@H]3C(=O)C[C@H]4CC(=O)CC[C@]4(C)[C@H]3CC(=O)[C@@]21C. The van der Waals surface area contributed by atoms with Crippen molar-refractivity contribution in [3.8, 4) is 0 Å². The first-order chi connectivity index (χ1) is 13.6. The number of hydrogen-bond donors (Lipinski definition) is 0. The van der Waals surface area contributed by atoms with E-state index in [1.165, 1.54) is 0 Å². The fourth-order valence-corrected chi connectivity index (χ4v) is 7.94. The maximum absolute atomic E-state index is 13.6. The highest BCUT2D eigenvalue weighted by atomic mass is 16.4. The van der Waals surface area contributed by atoms with Crippen LogP contribution in [0.5, 0.6) is 0 Å². The molecule has 0 amide bonds. The van der Waals surface area contributed by atoms with Gasteiger partial charge in [0, 0.05) is 43.0 Å². The Balaban J connectivity index is 1.63. The number of carboxylic acid groups (broad SMARTS) is 1. The van der Waals surface area contributed by atoms with Crippen molar-refractivity contribution in [2.75, 3.05) is 0 Å². The number of hydrogen-bond acceptors (Lipinski definition) is 5. The van der Waals surface area contributed by atoms with Crippen molar-refractivity contribution >= 4 is 23.3 Å². The Bertz CT molecular complexity index is 756. The van der Waals surface area contributed by atoms with Crippen LogP contribution in [0.25, 0.3) is 0 Å². The van der Waals surface area contributed by atoms with Crippen molar-refractivity contribution in [1.29, 1.82) is 0 Å². The van der Waals surface area contributed by atoms with Crippen LogP contribution in [0.3, 0.4) is 0 Å². The van der Waals surface area contributed by atoms with Crippen molar-refractivity contribution in [2.45, 2.75) is 78.6 Å². The van der Waals surface area contributed by atoms with E-state index in [1.807, 2.05) is 6.92 Å². The number of carboxylic acids is 1. The van der Waals surface area contributed by atoms with Crippen LogP contribution in [0.15, 0.2) is 0 Å². The van der Waals surface area contributed by atoms with Gasteiger partial charge in [0.15, 0.2) is 0 Å². The average Bonchev–Trinajstić information content (AvgIpc) is 3.01. The van der Waals surface area contributed by atoms with Crippen LogP contribution in [-0.4, -0.2) is 23.3 Å². The number of fused-ring (bicyclic) bond motifs is 5. The number of ketones is 3. The molecule has 0 aromatic rings. The molecular formula is C24H33O5-. The van der Waals surface area contributed by atoms with Crippen LogP contribution < -0.4 is 5.11 Å². The van der Waals surface area contributed by atoms with E-state index < -0.39 is 11.4 Å². The molecule has 0 heterocycles. The Hall–Kier alpha value is -1.52. The zero-order chi connectivity index (χ0) is 21.1. The third-order valence-electron chi connectivity index (χ3n) is 9.71. The van der Waals surface area contributed by atoms with E-state index in [-0.39, 0.29) is 64.7 Å². The van der Waals surface area contributed by atoms with Gasteiger partial charge < -0.3 is 9.90 Å². The molecule has 5 heteroatoms. The summed E-state index contributed by atoms with van der Waals surface area (Å²) in [4.78, 5) is 49.8. The molecule has 0 spiro atoms. The second-order valence-corrected chi connectivity index (χ2v) is 10.8. The first kappa shape index (κ1) is 20.7. The Morgan fingerprint density at radius 1 is 1.10 bits per heavy atom. The van der Waals surface area contributed by atoms with Crippen molar-refractivity contribution < 1.29 is 24.3 Å². The van der Waals surface area contributed by atoms with Crippen molar-refractivity contribution in [1.82, 2.24) is 0 Å². The molecule has 4 saturated carbocycles. The Morgan fingerprint density at radius 3 is 2.52 bits per heavy atom. The number of carbonyl (C=O) groups excluding carboxylic acids is 4. The van der Waals surface area contributed by atoms with E-state index in [9.17, 15) is 24.3 Å². The van der Waals surface area contributed by atoms with Gasteiger partial charge in [-0.2, -0.15) is 0 Å². The first-order valence-corrected chi connectivity index (χ1v) is 11.4. The highest BCUT2D eigenvalue weighted by molar-refractivity contribution is 5.93. The highest BCUT2D eigenvalue weighted by Crippen LogP contribution is 2.66. The van der Waals surface area contributed by atoms with E-state index in [0.717, 1.165) is 19.3 Å². The zero-order valence-corrected chi connectivity index (χ0v) is 17.9. The lowest BCUT2D eigenvalue weighted by Gasteiger charge is -2.58. The molecule has 29 heavy (non-hydrogen) atoms. The molecule has 0 N–H and O–H groups in total. The largest absolute Gasteiger partial charge is 0.550 e. The molecular weight excluding hydrogens is 368 g/mol. The third-order valence-corrected chi connectivity index (χ3v) is 9.71. The van der Waals surface area contributed by atoms with Gasteiger partial charge in [-0.15, -0.1) is 0 Å². The molecule has 0 aliphatic heterocycles. The standard InChI is InChI=1S/C24H34O5/c1-13(4-7-21(28)29)16-5-6-17-22-18(12-20(27)24(16,17)3)23(2)9-8-15(25)10-14(23)11-19(22)26/h13-14,16-18,22H,4-12H2,1-3H3,(H,28,29)/p-1/t13-,14-,16-,17-,18+,22-,23+,24-/m1/s1. The lowest BCUT2D eigenvalue weighted by atomic mass is 9.44. The lowest BCUT2D eigenvalue weighted by Crippen LogP contribution is -2.60. The van der Waals surface area contributed by atoms with Crippen LogP contribution in [0.4, 0.5) is 0 Å². The summed E-state index contributed by atoms with van der Waals surface area (Å²) in [6, 6.07) is 0. The summed E-state index contributed by atoms with van der Waals surface area (Å²) < 4.78 is 0. The minimum absolute atomic E-state index is 0.0192. The summed E-state index contributed by atoms with van der Waals surface area (Å²) in [5.41, 5.74) is -0.627. The van der Waals surface area contributed by atoms with Crippen molar-refractivity contribution in [2.24, 2.45) is 46.3 Å². The van der Waals surface area contributed by atoms with E-state index in [1.54, 1.807) is 0 Å². The Morgan fingerprint density at radius 2 is 1.83 bits per heavy atom. The number of Topliss-reactive ketones (excluding diaryl/α,β-unsaturated/α-hetero) is 3. The first-order valence-electron chi connectivity index (χ1n) is 11.4. The smallest absolute Gasteiger partial charge is 0.139 e. The normalized spacial score (nSPS) is 45.3. The van der Waals surface area contributed by atoms with E-state index in [0.29, 0.717) is 32.1 Å². The molecule has 4 fully saturated rings. The van der Waals surface area contributed by atoms with E-state index >= 15 is 0 Å². The molecule has 160 valence electrons. The van der Waals surface area contributed by atoms with Gasteiger partial charge in [0.1, 0.15) is 17.3 Å². The topological polar surface area (TPSA) is 91.3 Å². The average molecular weight is 402 g/mol. The Kier molecular flexibility index (Phi) is 5.02. The molecule has 4 aliphatic rings. The summed E-state index contributed by atoms with van der Waals surface area (Å²) in [6.07, 6.45) is 5.08. The Labute approximate surface area is 173 Å². The number of aliphatic carboxylic acids is 1. The predicted molar refractivity (Wildman–Crippen MR) is 104 cm³/mol. The maximum atomic E-state index is 13.6. The number of rotatable bonds is 4. The molecule has 0 saturated heterocycles. The summed E-state index contributed by atoms with van der Waals surface area (Å²) >= 11 is 0. The van der Waals surface area contributed by atoms with Gasteiger partial charge in [-0.3, -0.25) is 14.4 Å². The van der Waals surface area contributed by atoms with Gasteiger partial charge >= 0.3 is 0 Å². The van der Waals surface area contributed by atoms with Gasteiger partial charge in [-0.05, 0) is 67.1 Å². The maximum Gasteiger partial charge on any atom is 0.139 e. The second kappa shape index (κ2) is 7.02. The molecule has 5 nitrogen and oxygen atoms in total. The van der Waals surface area contributed by atoms with Gasteiger partial charge in [-0.1, -0.05) is 20.8 Å². The molecule has 4 rings (SSSR count). The molecule has 0 bridgehead atoms. The molecule has 8 atom stereocenters. The van der Waals surface area contributed by atoms with Crippen LogP contribution in [0.1, 0.15) is 78.6 Å². The lowest BCUT2D eigenvalue weighted by molar-refractivity contribution is -0.306. The molecule has 0 unspecified atom stereocenters. The van der Waals surface area contributed by atoms with Crippen LogP contribution >= 0.6 is 0 Å². The fraction of sp³-hybridized carbons (Fsp3) is 0.833. The third kappa shape index (κ3) is 3.02. The zero-order valence-electron chi connectivity index (χ0n) is 17.9. The fourth-order valence-electron chi connectivity index (χ4n) is 7.94. The summed E-state index contributed by atoms with van der Waals surface area (Å²) in [5, 5.41) is 10.9. The minimum atomic E-state index is -1.04. The molecule has 0 aromatic heterocycles. The molecule has 0 radical (unpaired) electrons. The second-order valence-electron chi connectivity index (χ2n) is 10.8. The minimum Gasteiger partial charge on any atom is -0.550 e. The summed E-state index contributed by atoms with van der Waals surface area (Å²) in [7, 11) is 0. The summed E-state index contributed by atoms with van der Waals surface area (Å²) in [6.45, 7) is 6.32. The molecule has 0 aromatic carbocycles. The van der Waals surface area contributed by atoms with E-state index in [2.05, 4.69) is 13.8 Å². The molecule has 4 aliphatic carbocycles. The predicted octanol–water partition coefficient (Wildman–Crippen LogP) is 2.74. The van der Waals surface area contributed by atoms with Gasteiger partial charge in [-0.25, -0.2) is 0 Å². The van der Waals surface area contributed by atoms with Crippen molar-refractivity contribution in [3.05, 3.63) is 0 Å². The van der Waals surface area contributed by atoms with Gasteiger partial charge in [0.25, 0.3) is 0 Å². The van der Waals surface area contributed by atoms with Crippen molar-refractivity contribution in [3.63, 3.8) is 0 Å². The van der Waals surface area contributed by atoms with Crippen LogP contribution in [0.2, 0.25) is 0 Å². The highest BCUT2D eigenvalue weighted by Gasteiger charge is 2.66. The van der Waals surface area contributed by atoms with Gasteiger partial charge in [0.2, 0.25) is 0 Å². The monoisotopic (exact) mass is 401 g/mol. The van der Waals surface area contributed by atoms with E-state index in [4.69, 9.17) is 0 Å². The quantitative estimate of drug-likeness (QED) is 0.722.